The molecule has 5 heteroatoms. The van der Waals surface area contributed by atoms with Crippen LogP contribution < -0.4 is 0 Å². The van der Waals surface area contributed by atoms with Crippen molar-refractivity contribution in [2.75, 3.05) is 6.26 Å². The number of hydrogen-bond donors (Lipinski definition) is 0. The lowest BCUT2D eigenvalue weighted by molar-refractivity contribution is 0.409. The van der Waals surface area contributed by atoms with Crippen LogP contribution in [0.25, 0.3) is 5.57 Å². The molecular formula is C18H20F2O2S. The summed E-state index contributed by atoms with van der Waals surface area (Å²) in [7, 11) is -3.92. The molecule has 0 radical (unpaired) electrons. The van der Waals surface area contributed by atoms with Gasteiger partial charge in [0.2, 0.25) is 0 Å². The molecule has 0 N–H and O–H groups in total. The molecule has 0 bridgehead atoms. The predicted octanol–water partition coefficient (Wildman–Crippen LogP) is 4.66. The highest BCUT2D eigenvalue weighted by Gasteiger charge is 2.25. The van der Waals surface area contributed by atoms with Gasteiger partial charge in [0.25, 0.3) is 0 Å². The van der Waals surface area contributed by atoms with Gasteiger partial charge >= 0.3 is 0 Å². The lowest BCUT2D eigenvalue weighted by atomic mass is 9.81. The number of rotatable bonds is 3. The van der Waals surface area contributed by atoms with E-state index in [1.165, 1.54) is 19.3 Å². The molecule has 0 amide bonds. The number of allylic oxidation sites excluding steroid dienone is 4. The van der Waals surface area contributed by atoms with E-state index < -0.39 is 26.4 Å². The van der Waals surface area contributed by atoms with Gasteiger partial charge in [-0.25, -0.2) is 17.2 Å². The summed E-state index contributed by atoms with van der Waals surface area (Å²) in [4.78, 5) is -0.841. The van der Waals surface area contributed by atoms with Gasteiger partial charge in [-0.15, -0.1) is 0 Å². The molecule has 0 atom stereocenters. The summed E-state index contributed by atoms with van der Waals surface area (Å²) >= 11 is 0. The van der Waals surface area contributed by atoms with Gasteiger partial charge in [0.05, 0.1) is 0 Å². The Morgan fingerprint density at radius 1 is 1.04 bits per heavy atom. The second kappa shape index (κ2) is 6.19. The highest BCUT2D eigenvalue weighted by molar-refractivity contribution is 7.90. The van der Waals surface area contributed by atoms with Gasteiger partial charge in [-0.2, -0.15) is 0 Å². The molecular weight excluding hydrogens is 318 g/mol. The maximum absolute atomic E-state index is 14.2. The highest BCUT2D eigenvalue weighted by Crippen LogP contribution is 2.40. The summed E-state index contributed by atoms with van der Waals surface area (Å²) < 4.78 is 51.4. The fraction of sp³-hybridized carbons (Fsp3) is 0.444. The van der Waals surface area contributed by atoms with E-state index >= 15 is 0 Å². The Bertz CT molecular complexity index is 762. The molecule has 2 aliphatic rings. The van der Waals surface area contributed by atoms with Crippen LogP contribution in [0.1, 0.15) is 44.1 Å². The third-order valence-electron chi connectivity index (χ3n) is 4.73. The molecule has 0 spiro atoms. The molecule has 0 aromatic heterocycles. The maximum Gasteiger partial charge on any atom is 0.181 e. The van der Waals surface area contributed by atoms with Crippen molar-refractivity contribution in [2.24, 2.45) is 5.92 Å². The monoisotopic (exact) mass is 338 g/mol. The summed E-state index contributed by atoms with van der Waals surface area (Å²) in [6.45, 7) is 0. The summed E-state index contributed by atoms with van der Waals surface area (Å²) in [5.41, 5.74) is 2.54. The predicted molar refractivity (Wildman–Crippen MR) is 86.7 cm³/mol. The summed E-state index contributed by atoms with van der Waals surface area (Å²) in [6.07, 6.45) is 11.4. The molecule has 1 aromatic rings. The van der Waals surface area contributed by atoms with Crippen LogP contribution >= 0.6 is 0 Å². The molecule has 23 heavy (non-hydrogen) atoms. The van der Waals surface area contributed by atoms with Gasteiger partial charge in [0.1, 0.15) is 16.5 Å². The van der Waals surface area contributed by atoms with Crippen molar-refractivity contribution in [3.8, 4) is 0 Å². The molecule has 1 aromatic carbocycles. The Balaban J connectivity index is 2.04. The Morgan fingerprint density at radius 2 is 1.65 bits per heavy atom. The molecule has 2 aliphatic carbocycles. The van der Waals surface area contributed by atoms with Gasteiger partial charge in [0.15, 0.2) is 9.84 Å². The molecule has 124 valence electrons. The second-order valence-electron chi connectivity index (χ2n) is 6.42. The zero-order chi connectivity index (χ0) is 16.6. The fourth-order valence-electron chi connectivity index (χ4n) is 3.69. The summed E-state index contributed by atoms with van der Waals surface area (Å²) in [5, 5.41) is 0. The van der Waals surface area contributed by atoms with Crippen LogP contribution in [0.2, 0.25) is 0 Å². The fourth-order valence-corrected chi connectivity index (χ4v) is 4.52. The maximum atomic E-state index is 14.2. The standard InChI is InChI=1S/C18H20F2O2S/c1-23(21,22)18-16(19)10-13(11-17(18)20)15-9-5-8-14(15)12-6-3-2-4-7-12/h5,8,10-12H,2-4,6-7,9H2,1H3. The van der Waals surface area contributed by atoms with Crippen molar-refractivity contribution < 1.29 is 17.2 Å². The minimum Gasteiger partial charge on any atom is -0.224 e. The van der Waals surface area contributed by atoms with Crippen LogP contribution in [0.3, 0.4) is 0 Å². The average Bonchev–Trinajstić information content (AvgIpc) is 2.95. The zero-order valence-corrected chi connectivity index (χ0v) is 13.9. The molecule has 0 unspecified atom stereocenters. The van der Waals surface area contributed by atoms with Crippen LogP contribution in [0.5, 0.6) is 0 Å². The highest BCUT2D eigenvalue weighted by atomic mass is 32.2. The first-order valence-electron chi connectivity index (χ1n) is 7.97. The first-order valence-corrected chi connectivity index (χ1v) is 9.86. The topological polar surface area (TPSA) is 34.1 Å². The van der Waals surface area contributed by atoms with E-state index in [9.17, 15) is 17.2 Å². The van der Waals surface area contributed by atoms with E-state index in [1.54, 1.807) is 0 Å². The van der Waals surface area contributed by atoms with Gasteiger partial charge in [0, 0.05) is 6.26 Å². The smallest absolute Gasteiger partial charge is 0.181 e. The van der Waals surface area contributed by atoms with E-state index in [-0.39, 0.29) is 0 Å². The van der Waals surface area contributed by atoms with Gasteiger partial charge in [-0.3, -0.25) is 0 Å². The Hall–Kier alpha value is -1.49. The number of benzene rings is 1. The molecule has 1 saturated carbocycles. The molecule has 0 aliphatic heterocycles. The van der Waals surface area contributed by atoms with E-state index in [2.05, 4.69) is 6.08 Å². The minimum atomic E-state index is -3.92. The molecule has 1 fully saturated rings. The van der Waals surface area contributed by atoms with E-state index in [0.717, 1.165) is 42.4 Å². The third kappa shape index (κ3) is 3.25. The lowest BCUT2D eigenvalue weighted by Gasteiger charge is -2.24. The van der Waals surface area contributed by atoms with Crippen molar-refractivity contribution in [3.05, 3.63) is 47.1 Å². The van der Waals surface area contributed by atoms with E-state index in [4.69, 9.17) is 0 Å². The van der Waals surface area contributed by atoms with Crippen molar-refractivity contribution in [1.29, 1.82) is 0 Å². The summed E-state index contributed by atoms with van der Waals surface area (Å²) in [6, 6.07) is 2.31. The van der Waals surface area contributed by atoms with Crippen LogP contribution in [0.4, 0.5) is 8.78 Å². The molecule has 2 nitrogen and oxygen atoms in total. The van der Waals surface area contributed by atoms with Gasteiger partial charge in [-0.05, 0) is 54.0 Å². The Labute approximate surface area is 135 Å². The first kappa shape index (κ1) is 16.4. The third-order valence-corrected chi connectivity index (χ3v) is 5.86. The minimum absolute atomic E-state index is 0.443. The van der Waals surface area contributed by atoms with Gasteiger partial charge < -0.3 is 0 Å². The van der Waals surface area contributed by atoms with Crippen molar-refractivity contribution in [1.82, 2.24) is 0 Å². The van der Waals surface area contributed by atoms with Crippen LogP contribution in [0, 0.1) is 17.6 Å². The number of halogens is 2. The van der Waals surface area contributed by atoms with E-state index in [0.29, 0.717) is 17.9 Å². The Morgan fingerprint density at radius 3 is 2.22 bits per heavy atom. The van der Waals surface area contributed by atoms with Gasteiger partial charge in [-0.1, -0.05) is 31.4 Å². The van der Waals surface area contributed by atoms with Crippen LogP contribution in [-0.2, 0) is 9.84 Å². The molecule has 3 rings (SSSR count). The largest absolute Gasteiger partial charge is 0.224 e. The lowest BCUT2D eigenvalue weighted by Crippen LogP contribution is -2.09. The second-order valence-corrected chi connectivity index (χ2v) is 8.37. The van der Waals surface area contributed by atoms with Crippen molar-refractivity contribution in [2.45, 2.75) is 43.4 Å². The Kier molecular flexibility index (Phi) is 4.41. The molecule has 0 saturated heterocycles. The SMILES string of the molecule is CS(=O)(=O)c1c(F)cc(C2=C(C3CCCCC3)C=CC2)cc1F. The summed E-state index contributed by atoms with van der Waals surface area (Å²) in [5.74, 6) is -1.58. The van der Waals surface area contributed by atoms with Crippen molar-refractivity contribution >= 4 is 15.4 Å². The van der Waals surface area contributed by atoms with Crippen LogP contribution in [0.15, 0.2) is 34.8 Å². The average molecular weight is 338 g/mol. The normalized spacial score (nSPS) is 19.6. The number of sulfone groups is 1. The van der Waals surface area contributed by atoms with E-state index in [1.807, 2.05) is 6.08 Å². The van der Waals surface area contributed by atoms with Crippen molar-refractivity contribution in [3.63, 3.8) is 0 Å². The molecule has 0 heterocycles. The first-order chi connectivity index (χ1) is 10.9. The zero-order valence-electron chi connectivity index (χ0n) is 13.1. The number of hydrogen-bond acceptors (Lipinski definition) is 2. The quantitative estimate of drug-likeness (QED) is 0.803. The van der Waals surface area contributed by atoms with Crippen LogP contribution in [-0.4, -0.2) is 14.7 Å².